The van der Waals surface area contributed by atoms with Gasteiger partial charge in [-0.25, -0.2) is 13.1 Å². The second-order valence-electron chi connectivity index (χ2n) is 6.92. The summed E-state index contributed by atoms with van der Waals surface area (Å²) in [5.41, 5.74) is -0.714. The van der Waals surface area contributed by atoms with Gasteiger partial charge in [-0.3, -0.25) is 0 Å². The van der Waals surface area contributed by atoms with Crippen LogP contribution in [0.4, 0.5) is 0 Å². The normalized spacial score (nSPS) is 25.4. The van der Waals surface area contributed by atoms with Crippen LogP contribution in [0.2, 0.25) is 5.02 Å². The third kappa shape index (κ3) is 5.00. The first-order valence-corrected chi connectivity index (χ1v) is 10.5. The van der Waals surface area contributed by atoms with E-state index < -0.39 is 27.6 Å². The van der Waals surface area contributed by atoms with Crippen molar-refractivity contribution in [2.24, 2.45) is 5.41 Å². The molecule has 27 heavy (non-hydrogen) atoms. The van der Waals surface area contributed by atoms with E-state index in [9.17, 15) is 18.6 Å². The minimum Gasteiger partial charge on any atom is -0.493 e. The highest BCUT2D eigenvalue weighted by atomic mass is 35.5. The van der Waals surface area contributed by atoms with Gasteiger partial charge in [0.05, 0.1) is 23.7 Å². The fourth-order valence-corrected chi connectivity index (χ4v) is 4.54. The molecule has 0 heterocycles. The Morgan fingerprint density at radius 2 is 1.63 bits per heavy atom. The van der Waals surface area contributed by atoms with Crippen molar-refractivity contribution in [3.05, 3.63) is 59.6 Å². The Bertz CT molecular complexity index is 847. The lowest BCUT2D eigenvalue weighted by Gasteiger charge is -2.29. The van der Waals surface area contributed by atoms with Crippen LogP contribution in [0.3, 0.4) is 0 Å². The van der Waals surface area contributed by atoms with Crippen LogP contribution in [-0.4, -0.2) is 44.0 Å². The Morgan fingerprint density at radius 1 is 1.04 bits per heavy atom. The molecule has 0 radical (unpaired) electrons. The second kappa shape index (κ2) is 8.16. The minimum atomic E-state index is -3.75. The summed E-state index contributed by atoms with van der Waals surface area (Å²) in [6.45, 7) is 0.215. The summed E-state index contributed by atoms with van der Waals surface area (Å²) in [7, 11) is -3.75. The van der Waals surface area contributed by atoms with Crippen molar-refractivity contribution >= 4 is 21.6 Å². The van der Waals surface area contributed by atoms with E-state index in [1.165, 1.54) is 24.3 Å². The van der Waals surface area contributed by atoms with E-state index in [4.69, 9.17) is 16.3 Å². The number of sulfonamides is 1. The molecule has 0 saturated heterocycles. The maximum absolute atomic E-state index is 12.6. The predicted octanol–water partition coefficient (Wildman–Crippen LogP) is 2.20. The largest absolute Gasteiger partial charge is 0.493 e. The maximum atomic E-state index is 12.6. The Morgan fingerprint density at radius 3 is 2.22 bits per heavy atom. The molecule has 0 bridgehead atoms. The molecule has 3 rings (SSSR count). The van der Waals surface area contributed by atoms with E-state index in [0.717, 1.165) is 0 Å². The van der Waals surface area contributed by atoms with Crippen LogP contribution in [0.25, 0.3) is 0 Å². The first kappa shape index (κ1) is 20.1. The molecule has 0 spiro atoms. The molecular formula is C19H22ClNO5S. The van der Waals surface area contributed by atoms with Gasteiger partial charge in [-0.05, 0) is 49.2 Å². The summed E-state index contributed by atoms with van der Waals surface area (Å²) < 4.78 is 33.5. The highest BCUT2D eigenvalue weighted by Crippen LogP contribution is 2.39. The Hall–Kier alpha value is -1.64. The minimum absolute atomic E-state index is 0.0406. The molecule has 0 amide bonds. The number of hydrogen-bond donors (Lipinski definition) is 3. The maximum Gasteiger partial charge on any atom is 0.240 e. The quantitative estimate of drug-likeness (QED) is 0.649. The predicted molar refractivity (Wildman–Crippen MR) is 102 cm³/mol. The highest BCUT2D eigenvalue weighted by molar-refractivity contribution is 7.89. The number of nitrogens with one attached hydrogen (secondary N) is 1. The van der Waals surface area contributed by atoms with Gasteiger partial charge >= 0.3 is 0 Å². The zero-order valence-corrected chi connectivity index (χ0v) is 16.2. The molecule has 6 nitrogen and oxygen atoms in total. The summed E-state index contributed by atoms with van der Waals surface area (Å²) in [4.78, 5) is 0.102. The topological polar surface area (TPSA) is 95.9 Å². The molecule has 2 aromatic rings. The monoisotopic (exact) mass is 411 g/mol. The van der Waals surface area contributed by atoms with E-state index >= 15 is 0 Å². The van der Waals surface area contributed by atoms with Crippen LogP contribution in [0.15, 0.2) is 59.5 Å². The summed E-state index contributed by atoms with van der Waals surface area (Å²) in [5.74, 6) is 0.647. The summed E-state index contributed by atoms with van der Waals surface area (Å²) >= 11 is 5.81. The lowest BCUT2D eigenvalue weighted by Crippen LogP contribution is -2.40. The van der Waals surface area contributed by atoms with E-state index in [0.29, 0.717) is 10.8 Å². The fourth-order valence-electron chi connectivity index (χ4n) is 3.25. The number of rotatable bonds is 7. The van der Waals surface area contributed by atoms with E-state index in [2.05, 4.69) is 4.72 Å². The van der Waals surface area contributed by atoms with Gasteiger partial charge < -0.3 is 14.9 Å². The van der Waals surface area contributed by atoms with Gasteiger partial charge in [0, 0.05) is 17.0 Å². The molecule has 1 unspecified atom stereocenters. The highest BCUT2D eigenvalue weighted by Gasteiger charge is 2.45. The van der Waals surface area contributed by atoms with Crippen molar-refractivity contribution in [1.29, 1.82) is 0 Å². The standard InChI is InChI=1S/C19H22ClNO5S/c20-14-6-8-16(9-7-14)27(24,25)21-12-19(10-17(22)18(23)11-19)13-26-15-4-2-1-3-5-15/h1-9,17-18,21-23H,10-13H2/t17-,18+,19?. The SMILES string of the molecule is O=S(=O)(NCC1(COc2ccccc2)C[C@@H](O)[C@@H](O)C1)c1ccc(Cl)cc1. The number of benzene rings is 2. The number of halogens is 1. The first-order valence-electron chi connectivity index (χ1n) is 8.59. The third-order valence-electron chi connectivity index (χ3n) is 4.78. The molecule has 2 aromatic carbocycles. The van der Waals surface area contributed by atoms with Crippen LogP contribution >= 0.6 is 11.6 Å². The van der Waals surface area contributed by atoms with Crippen LogP contribution in [0.1, 0.15) is 12.8 Å². The second-order valence-corrected chi connectivity index (χ2v) is 9.13. The Kier molecular flexibility index (Phi) is 6.08. The zero-order chi connectivity index (χ0) is 19.5. The molecule has 3 N–H and O–H groups in total. The molecule has 8 heteroatoms. The van der Waals surface area contributed by atoms with E-state index in [1.807, 2.05) is 18.2 Å². The molecule has 1 fully saturated rings. The summed E-state index contributed by atoms with van der Waals surface area (Å²) in [6.07, 6.45) is -1.34. The van der Waals surface area contributed by atoms with Crippen molar-refractivity contribution < 1.29 is 23.4 Å². The van der Waals surface area contributed by atoms with Gasteiger partial charge in [-0.2, -0.15) is 0 Å². The third-order valence-corrected chi connectivity index (χ3v) is 6.45. The molecule has 1 saturated carbocycles. The van der Waals surface area contributed by atoms with Crippen molar-refractivity contribution in [3.8, 4) is 5.75 Å². The average molecular weight is 412 g/mol. The molecule has 146 valence electrons. The number of ether oxygens (including phenoxy) is 1. The molecule has 0 aliphatic heterocycles. The van der Waals surface area contributed by atoms with Crippen LogP contribution < -0.4 is 9.46 Å². The molecular weight excluding hydrogens is 390 g/mol. The summed E-state index contributed by atoms with van der Waals surface area (Å²) in [6, 6.07) is 15.0. The number of aliphatic hydroxyl groups excluding tert-OH is 2. The van der Waals surface area contributed by atoms with Gasteiger partial charge in [0.2, 0.25) is 10.0 Å². The number of hydrogen-bond acceptors (Lipinski definition) is 5. The Balaban J connectivity index is 1.73. The molecule has 1 aliphatic rings. The molecule has 0 aromatic heterocycles. The lowest BCUT2D eigenvalue weighted by molar-refractivity contribution is 0.0438. The molecule has 1 aliphatic carbocycles. The van der Waals surface area contributed by atoms with Crippen molar-refractivity contribution in [1.82, 2.24) is 4.72 Å². The fraction of sp³-hybridized carbons (Fsp3) is 0.368. The molecule has 3 atom stereocenters. The van der Waals surface area contributed by atoms with Gasteiger partial charge in [0.1, 0.15) is 5.75 Å². The van der Waals surface area contributed by atoms with Crippen molar-refractivity contribution in [2.45, 2.75) is 29.9 Å². The van der Waals surface area contributed by atoms with E-state index in [-0.39, 0.29) is 30.9 Å². The number of aliphatic hydroxyl groups is 2. The van der Waals surface area contributed by atoms with E-state index in [1.54, 1.807) is 12.1 Å². The van der Waals surface area contributed by atoms with Gasteiger partial charge in [0.25, 0.3) is 0 Å². The average Bonchev–Trinajstić information content (AvgIpc) is 2.94. The summed E-state index contributed by atoms with van der Waals surface area (Å²) in [5, 5.41) is 20.5. The Labute approximate surface area is 163 Å². The van der Waals surface area contributed by atoms with Crippen LogP contribution in [0, 0.1) is 5.41 Å². The first-order chi connectivity index (χ1) is 12.8. The van der Waals surface area contributed by atoms with Gasteiger partial charge in [-0.1, -0.05) is 29.8 Å². The van der Waals surface area contributed by atoms with Crippen LogP contribution in [0.5, 0.6) is 5.75 Å². The van der Waals surface area contributed by atoms with Gasteiger partial charge in [0.15, 0.2) is 0 Å². The smallest absolute Gasteiger partial charge is 0.240 e. The van der Waals surface area contributed by atoms with Crippen molar-refractivity contribution in [2.75, 3.05) is 13.2 Å². The van der Waals surface area contributed by atoms with Crippen LogP contribution in [-0.2, 0) is 10.0 Å². The number of para-hydroxylation sites is 1. The van der Waals surface area contributed by atoms with Gasteiger partial charge in [-0.15, -0.1) is 0 Å². The zero-order valence-electron chi connectivity index (χ0n) is 14.6. The lowest BCUT2D eigenvalue weighted by atomic mass is 9.87. The van der Waals surface area contributed by atoms with Crippen molar-refractivity contribution in [3.63, 3.8) is 0 Å².